The third-order valence-electron chi connectivity index (χ3n) is 2.64. The second-order valence-corrected chi connectivity index (χ2v) is 3.86. The van der Waals surface area contributed by atoms with Gasteiger partial charge in [0.2, 0.25) is 0 Å². The largest absolute Gasteiger partial charge is 0.507 e. The van der Waals surface area contributed by atoms with Crippen LogP contribution in [0.5, 0.6) is 5.75 Å². The lowest BCUT2D eigenvalue weighted by Crippen LogP contribution is -2.45. The molecule has 18 heavy (non-hydrogen) atoms. The predicted molar refractivity (Wildman–Crippen MR) is 65.0 cm³/mol. The second kappa shape index (κ2) is 5.99. The second-order valence-electron chi connectivity index (χ2n) is 3.86. The summed E-state index contributed by atoms with van der Waals surface area (Å²) < 4.78 is 5.00. The number of aromatic hydroxyl groups is 1. The van der Waals surface area contributed by atoms with Gasteiger partial charge in [0.15, 0.2) is 5.72 Å². The molecule has 1 rings (SSSR count). The molecule has 0 saturated heterocycles. The van der Waals surface area contributed by atoms with Gasteiger partial charge in [-0.15, -0.1) is 0 Å². The molecule has 0 aliphatic carbocycles. The van der Waals surface area contributed by atoms with Crippen molar-refractivity contribution in [1.29, 1.82) is 0 Å². The lowest BCUT2D eigenvalue weighted by atomic mass is 10.0. The van der Waals surface area contributed by atoms with E-state index >= 15 is 0 Å². The molecule has 1 aromatic rings. The number of hydroxylamine groups is 1. The van der Waals surface area contributed by atoms with Crippen LogP contribution in [0.4, 0.5) is 0 Å². The average molecular weight is 257 g/mol. The van der Waals surface area contributed by atoms with Crippen molar-refractivity contribution < 1.29 is 19.5 Å². The van der Waals surface area contributed by atoms with Crippen molar-refractivity contribution in [2.45, 2.75) is 39.3 Å². The molecule has 0 saturated carbocycles. The molecule has 1 atom stereocenters. The minimum absolute atomic E-state index is 0.136. The van der Waals surface area contributed by atoms with Gasteiger partial charge in [0.25, 0.3) is 0 Å². The highest BCUT2D eigenvalue weighted by Crippen LogP contribution is 2.27. The highest BCUT2D eigenvalue weighted by molar-refractivity contribution is 5.34. The zero-order valence-corrected chi connectivity index (χ0v) is 10.8. The SMILES string of the molecule is CCONC(O)(CC)c1c(O)cc(CC)oc1=O. The first-order valence-corrected chi connectivity index (χ1v) is 5.96. The van der Waals surface area contributed by atoms with Crippen LogP contribution in [0.25, 0.3) is 0 Å². The molecule has 1 unspecified atom stereocenters. The Morgan fingerprint density at radius 1 is 1.44 bits per heavy atom. The number of nitrogens with one attached hydrogen (secondary N) is 1. The van der Waals surface area contributed by atoms with Crippen LogP contribution in [0.1, 0.15) is 38.5 Å². The van der Waals surface area contributed by atoms with Gasteiger partial charge < -0.3 is 14.6 Å². The maximum Gasteiger partial charge on any atom is 0.347 e. The van der Waals surface area contributed by atoms with Gasteiger partial charge >= 0.3 is 5.63 Å². The summed E-state index contributed by atoms with van der Waals surface area (Å²) in [5, 5.41) is 20.1. The van der Waals surface area contributed by atoms with Gasteiger partial charge in [-0.25, -0.2) is 4.79 Å². The summed E-state index contributed by atoms with van der Waals surface area (Å²) in [6.45, 7) is 5.48. The summed E-state index contributed by atoms with van der Waals surface area (Å²) in [5.41, 5.74) is -0.419. The van der Waals surface area contributed by atoms with Crippen molar-refractivity contribution in [3.63, 3.8) is 0 Å². The van der Waals surface area contributed by atoms with Crippen LogP contribution in [0.15, 0.2) is 15.3 Å². The lowest BCUT2D eigenvalue weighted by molar-refractivity contribution is -0.137. The Balaban J connectivity index is 3.25. The average Bonchev–Trinajstić information content (AvgIpc) is 2.35. The summed E-state index contributed by atoms with van der Waals surface area (Å²) in [6, 6.07) is 1.32. The van der Waals surface area contributed by atoms with Gasteiger partial charge in [-0.2, -0.15) is 5.48 Å². The maximum atomic E-state index is 11.8. The van der Waals surface area contributed by atoms with E-state index in [1.807, 2.05) is 0 Å². The van der Waals surface area contributed by atoms with Crippen LogP contribution >= 0.6 is 0 Å². The smallest absolute Gasteiger partial charge is 0.347 e. The maximum absolute atomic E-state index is 11.8. The van der Waals surface area contributed by atoms with E-state index < -0.39 is 11.4 Å². The topological polar surface area (TPSA) is 91.9 Å². The van der Waals surface area contributed by atoms with Crippen molar-refractivity contribution in [2.24, 2.45) is 0 Å². The van der Waals surface area contributed by atoms with Crippen LogP contribution in [0, 0.1) is 0 Å². The monoisotopic (exact) mass is 257 g/mol. The van der Waals surface area contributed by atoms with Crippen LogP contribution in [0.2, 0.25) is 0 Å². The molecule has 6 nitrogen and oxygen atoms in total. The van der Waals surface area contributed by atoms with Gasteiger partial charge in [-0.3, -0.25) is 4.84 Å². The molecule has 102 valence electrons. The van der Waals surface area contributed by atoms with Crippen LogP contribution in [-0.4, -0.2) is 16.8 Å². The fourth-order valence-corrected chi connectivity index (χ4v) is 1.58. The molecule has 0 radical (unpaired) electrons. The van der Waals surface area contributed by atoms with E-state index in [4.69, 9.17) is 9.25 Å². The molecule has 0 bridgehead atoms. The predicted octanol–water partition coefficient (Wildman–Crippen LogP) is 1.00. The number of hydrogen-bond donors (Lipinski definition) is 3. The molecule has 0 aromatic carbocycles. The van der Waals surface area contributed by atoms with Crippen LogP contribution in [0.3, 0.4) is 0 Å². The van der Waals surface area contributed by atoms with E-state index in [0.29, 0.717) is 18.8 Å². The number of rotatable bonds is 6. The molecule has 0 fully saturated rings. The summed E-state index contributed by atoms with van der Waals surface area (Å²) in [7, 11) is 0. The zero-order chi connectivity index (χ0) is 13.8. The molecule has 0 spiro atoms. The normalized spacial score (nSPS) is 14.4. The van der Waals surface area contributed by atoms with E-state index in [1.165, 1.54) is 6.07 Å². The van der Waals surface area contributed by atoms with Gasteiger partial charge in [0, 0.05) is 12.5 Å². The Labute approximate surface area is 105 Å². The van der Waals surface area contributed by atoms with E-state index in [0.717, 1.165) is 0 Å². The summed E-state index contributed by atoms with van der Waals surface area (Å²) in [5.74, 6) is 0.0516. The number of aryl methyl sites for hydroxylation is 1. The molecule has 3 N–H and O–H groups in total. The third-order valence-corrected chi connectivity index (χ3v) is 2.64. The summed E-state index contributed by atoms with van der Waals surface area (Å²) >= 11 is 0. The summed E-state index contributed by atoms with van der Waals surface area (Å²) in [4.78, 5) is 16.7. The van der Waals surface area contributed by atoms with Crippen molar-refractivity contribution in [2.75, 3.05) is 6.61 Å². The lowest BCUT2D eigenvalue weighted by Gasteiger charge is -2.27. The van der Waals surface area contributed by atoms with Crippen molar-refractivity contribution in [3.8, 4) is 5.75 Å². The fourth-order valence-electron chi connectivity index (χ4n) is 1.58. The molecule has 0 aliphatic rings. The zero-order valence-electron chi connectivity index (χ0n) is 10.8. The fraction of sp³-hybridized carbons (Fsp3) is 0.583. The highest BCUT2D eigenvalue weighted by atomic mass is 16.7. The Morgan fingerprint density at radius 3 is 2.56 bits per heavy atom. The molecule has 6 heteroatoms. The van der Waals surface area contributed by atoms with Crippen molar-refractivity contribution >= 4 is 0 Å². The molecule has 1 aromatic heterocycles. The number of aliphatic hydroxyl groups is 1. The Kier molecular flexibility index (Phi) is 4.89. The van der Waals surface area contributed by atoms with E-state index in [2.05, 4.69) is 5.48 Å². The van der Waals surface area contributed by atoms with Crippen molar-refractivity contribution in [3.05, 3.63) is 27.8 Å². The first-order valence-electron chi connectivity index (χ1n) is 5.96. The Morgan fingerprint density at radius 2 is 2.11 bits per heavy atom. The van der Waals surface area contributed by atoms with Crippen molar-refractivity contribution in [1.82, 2.24) is 5.48 Å². The molecule has 0 aliphatic heterocycles. The molecule has 1 heterocycles. The summed E-state index contributed by atoms with van der Waals surface area (Å²) in [6.07, 6.45) is 0.614. The van der Waals surface area contributed by atoms with E-state index in [-0.39, 0.29) is 17.7 Å². The highest BCUT2D eigenvalue weighted by Gasteiger charge is 2.34. The Bertz CT molecular complexity index is 456. The minimum Gasteiger partial charge on any atom is -0.507 e. The number of hydrogen-bond acceptors (Lipinski definition) is 6. The molecular weight excluding hydrogens is 238 g/mol. The quantitative estimate of drug-likeness (QED) is 0.520. The first kappa shape index (κ1) is 14.7. The van der Waals surface area contributed by atoms with Crippen LogP contribution < -0.4 is 11.1 Å². The third kappa shape index (κ3) is 2.90. The Hall–Kier alpha value is -1.37. The van der Waals surface area contributed by atoms with Gasteiger partial charge in [0.1, 0.15) is 17.1 Å². The standard InChI is InChI=1S/C12H19NO5/c1-4-8-7-9(14)10(11(15)18-8)12(16,5-2)13-17-6-3/h7,13-14,16H,4-6H2,1-3H3. The molecular formula is C12H19NO5. The van der Waals surface area contributed by atoms with E-state index in [1.54, 1.807) is 20.8 Å². The molecule has 0 amide bonds. The van der Waals surface area contributed by atoms with Crippen LogP contribution in [-0.2, 0) is 17.0 Å². The van der Waals surface area contributed by atoms with Gasteiger partial charge in [-0.05, 0) is 13.3 Å². The van der Waals surface area contributed by atoms with E-state index in [9.17, 15) is 15.0 Å². The first-order chi connectivity index (χ1) is 8.48. The van der Waals surface area contributed by atoms with Gasteiger partial charge in [0.05, 0.1) is 6.61 Å². The van der Waals surface area contributed by atoms with Gasteiger partial charge in [-0.1, -0.05) is 13.8 Å². The minimum atomic E-state index is -1.77.